The molecule has 150 valence electrons. The number of rotatable bonds is 4. The fourth-order valence-electron chi connectivity index (χ4n) is 2.27. The molecule has 6 nitrogen and oxygen atoms in total. The number of thiazole rings is 1. The highest BCUT2D eigenvalue weighted by Gasteiger charge is 2.32. The zero-order valence-electron chi connectivity index (χ0n) is 14.0. The molecule has 0 saturated carbocycles. The number of alkyl halides is 3. The number of halogens is 5. The van der Waals surface area contributed by atoms with Gasteiger partial charge in [0.1, 0.15) is 6.33 Å². The SMILES string of the molecule is C[C@H](NC(=O)c1cc(Cl)cc(C(F)(F)F)c1)c1ncnn1-c1ncc(I)s1.S. The molecule has 2 aromatic heterocycles. The van der Waals surface area contributed by atoms with Gasteiger partial charge in [-0.2, -0.15) is 36.4 Å². The smallest absolute Gasteiger partial charge is 0.342 e. The second-order valence-corrected chi connectivity index (χ2v) is 8.74. The van der Waals surface area contributed by atoms with Crippen molar-refractivity contribution in [2.75, 3.05) is 0 Å². The van der Waals surface area contributed by atoms with E-state index >= 15 is 0 Å². The van der Waals surface area contributed by atoms with E-state index in [9.17, 15) is 18.0 Å². The van der Waals surface area contributed by atoms with E-state index < -0.39 is 23.7 Å². The van der Waals surface area contributed by atoms with Gasteiger partial charge < -0.3 is 5.32 Å². The predicted octanol–water partition coefficient (Wildman–Crippen LogP) is 4.60. The van der Waals surface area contributed by atoms with Crippen molar-refractivity contribution >= 4 is 64.9 Å². The van der Waals surface area contributed by atoms with E-state index in [1.54, 1.807) is 13.1 Å². The number of amides is 1. The van der Waals surface area contributed by atoms with Crippen molar-refractivity contribution in [3.63, 3.8) is 0 Å². The molecule has 0 aliphatic rings. The standard InChI is InChI=1S/C15H10ClF3IN5OS.H2S/c1-7(12-22-6-23-25(12)14-21-5-11(20)27-14)24-13(26)8-2-9(15(17,18)19)4-10(16)3-8;/h2-7H,1H3,(H,24,26);1H2/t7-;/m0./s1. The molecule has 3 aromatic rings. The molecule has 13 heteroatoms. The third-order valence-electron chi connectivity index (χ3n) is 3.44. The van der Waals surface area contributed by atoms with Crippen LogP contribution in [0, 0.1) is 2.88 Å². The molecule has 0 saturated heterocycles. The molecular weight excluding hydrogens is 550 g/mol. The summed E-state index contributed by atoms with van der Waals surface area (Å²) in [5.74, 6) is -0.314. The first-order valence-corrected chi connectivity index (χ1v) is 9.62. The lowest BCUT2D eigenvalue weighted by Crippen LogP contribution is -2.29. The Morgan fingerprint density at radius 2 is 2.04 bits per heavy atom. The van der Waals surface area contributed by atoms with E-state index in [-0.39, 0.29) is 24.1 Å². The number of hydrogen-bond acceptors (Lipinski definition) is 5. The fourth-order valence-corrected chi connectivity index (χ4v) is 3.84. The van der Waals surface area contributed by atoms with Crippen molar-refractivity contribution in [1.29, 1.82) is 0 Å². The summed E-state index contributed by atoms with van der Waals surface area (Å²) >= 11 is 9.22. The van der Waals surface area contributed by atoms with E-state index in [1.807, 2.05) is 0 Å². The molecule has 2 heterocycles. The van der Waals surface area contributed by atoms with Crippen LogP contribution in [0.15, 0.2) is 30.7 Å². The Hall–Kier alpha value is -1.38. The van der Waals surface area contributed by atoms with E-state index in [4.69, 9.17) is 11.6 Å². The Morgan fingerprint density at radius 1 is 1.32 bits per heavy atom. The van der Waals surface area contributed by atoms with Crippen molar-refractivity contribution in [3.05, 3.63) is 55.6 Å². The van der Waals surface area contributed by atoms with Crippen molar-refractivity contribution in [2.45, 2.75) is 19.1 Å². The summed E-state index contributed by atoms with van der Waals surface area (Å²) in [6.45, 7) is 1.65. The molecule has 0 radical (unpaired) electrons. The lowest BCUT2D eigenvalue weighted by Gasteiger charge is -2.15. The molecule has 0 spiro atoms. The number of carbonyl (C=O) groups is 1. The topological polar surface area (TPSA) is 72.7 Å². The van der Waals surface area contributed by atoms with Gasteiger partial charge in [-0.15, -0.1) is 0 Å². The summed E-state index contributed by atoms with van der Waals surface area (Å²) in [5.41, 5.74) is -1.19. The van der Waals surface area contributed by atoms with Gasteiger partial charge >= 0.3 is 6.18 Å². The van der Waals surface area contributed by atoms with Crippen molar-refractivity contribution in [3.8, 4) is 5.13 Å². The van der Waals surface area contributed by atoms with Crippen LogP contribution in [0.1, 0.15) is 34.7 Å². The summed E-state index contributed by atoms with van der Waals surface area (Å²) in [6.07, 6.45) is -1.62. The highest BCUT2D eigenvalue weighted by Crippen LogP contribution is 2.32. The summed E-state index contributed by atoms with van der Waals surface area (Å²) in [6, 6.07) is 2.06. The van der Waals surface area contributed by atoms with Crippen LogP contribution in [0.2, 0.25) is 5.02 Å². The van der Waals surface area contributed by atoms with Crippen LogP contribution in [0.25, 0.3) is 5.13 Å². The third-order valence-corrected chi connectivity index (χ3v) is 5.36. The van der Waals surface area contributed by atoms with Crippen LogP contribution in [-0.4, -0.2) is 25.7 Å². The molecule has 28 heavy (non-hydrogen) atoms. The van der Waals surface area contributed by atoms with Gasteiger partial charge in [-0.05, 0) is 47.7 Å². The molecule has 0 fully saturated rings. The second kappa shape index (κ2) is 8.97. The number of aromatic nitrogens is 4. The van der Waals surface area contributed by atoms with Crippen molar-refractivity contribution < 1.29 is 18.0 Å². The van der Waals surface area contributed by atoms with E-state index in [0.717, 1.165) is 15.0 Å². The minimum absolute atomic E-state index is 0. The lowest BCUT2D eigenvalue weighted by molar-refractivity contribution is -0.137. The van der Waals surface area contributed by atoms with Crippen molar-refractivity contribution in [2.24, 2.45) is 0 Å². The van der Waals surface area contributed by atoms with Gasteiger partial charge in [0.05, 0.1) is 20.7 Å². The average Bonchev–Trinajstić information content (AvgIpc) is 3.21. The quantitative estimate of drug-likeness (QED) is 0.473. The van der Waals surface area contributed by atoms with Gasteiger partial charge in [0.15, 0.2) is 5.82 Å². The van der Waals surface area contributed by atoms with E-state index in [1.165, 1.54) is 28.4 Å². The first-order valence-electron chi connectivity index (χ1n) is 7.35. The normalized spacial score (nSPS) is 12.4. The van der Waals surface area contributed by atoms with Crippen LogP contribution in [0.5, 0.6) is 0 Å². The largest absolute Gasteiger partial charge is 0.416 e. The molecule has 0 aliphatic heterocycles. The van der Waals surface area contributed by atoms with Gasteiger partial charge in [0.25, 0.3) is 5.91 Å². The number of benzene rings is 1. The van der Waals surface area contributed by atoms with E-state index in [0.29, 0.717) is 11.0 Å². The maximum absolute atomic E-state index is 12.9. The van der Waals surface area contributed by atoms with Crippen LogP contribution in [0.4, 0.5) is 13.2 Å². The predicted molar refractivity (Wildman–Crippen MR) is 112 cm³/mol. The molecule has 3 rings (SSSR count). The van der Waals surface area contributed by atoms with Gasteiger partial charge in [-0.25, -0.2) is 9.97 Å². The summed E-state index contributed by atoms with van der Waals surface area (Å²) in [4.78, 5) is 20.7. The zero-order valence-corrected chi connectivity index (χ0v) is 18.7. The first kappa shape index (κ1) is 22.9. The molecular formula is C15H12ClF3IN5OS2. The number of nitrogens with one attached hydrogen (secondary N) is 1. The van der Waals surface area contributed by atoms with Crippen LogP contribution in [0.3, 0.4) is 0 Å². The minimum Gasteiger partial charge on any atom is -0.342 e. The maximum atomic E-state index is 12.9. The average molecular weight is 562 g/mol. The Kier molecular flexibility index (Phi) is 7.33. The summed E-state index contributed by atoms with van der Waals surface area (Å²) in [7, 11) is 0. The molecule has 1 amide bonds. The molecule has 1 aromatic carbocycles. The number of nitrogens with zero attached hydrogens (tertiary/aromatic N) is 4. The fraction of sp³-hybridized carbons (Fsp3) is 0.200. The minimum atomic E-state index is -4.60. The first-order chi connectivity index (χ1) is 12.6. The Balaban J connectivity index is 0.00000280. The Bertz CT molecular complexity index is 994. The van der Waals surface area contributed by atoms with E-state index in [2.05, 4.69) is 43.0 Å². The molecule has 0 bridgehead atoms. The Morgan fingerprint density at radius 3 is 2.64 bits per heavy atom. The van der Waals surface area contributed by atoms with Gasteiger partial charge in [0.2, 0.25) is 5.13 Å². The number of hydrogen-bond donors (Lipinski definition) is 1. The highest BCUT2D eigenvalue weighted by atomic mass is 127. The summed E-state index contributed by atoms with van der Waals surface area (Å²) in [5, 5.41) is 7.09. The maximum Gasteiger partial charge on any atom is 0.416 e. The summed E-state index contributed by atoms with van der Waals surface area (Å²) < 4.78 is 41.2. The Labute approximate surface area is 187 Å². The third kappa shape index (κ3) is 5.15. The highest BCUT2D eigenvalue weighted by molar-refractivity contribution is 14.1. The second-order valence-electron chi connectivity index (χ2n) is 5.40. The molecule has 0 aliphatic carbocycles. The van der Waals surface area contributed by atoms with Gasteiger partial charge in [-0.3, -0.25) is 4.79 Å². The number of carbonyl (C=O) groups excluding carboxylic acids is 1. The molecule has 1 N–H and O–H groups in total. The van der Waals surface area contributed by atoms with Gasteiger partial charge in [-0.1, -0.05) is 22.9 Å². The molecule has 1 atom stereocenters. The monoisotopic (exact) mass is 561 g/mol. The zero-order chi connectivity index (χ0) is 19.8. The van der Waals surface area contributed by atoms with Crippen LogP contribution >= 0.6 is 59.0 Å². The molecule has 0 unspecified atom stereocenters. The van der Waals surface area contributed by atoms with Crippen LogP contribution < -0.4 is 5.32 Å². The van der Waals surface area contributed by atoms with Crippen molar-refractivity contribution in [1.82, 2.24) is 25.1 Å². The van der Waals surface area contributed by atoms with Crippen LogP contribution in [-0.2, 0) is 6.18 Å². The lowest BCUT2D eigenvalue weighted by atomic mass is 10.1. The van der Waals surface area contributed by atoms with Gasteiger partial charge in [0, 0.05) is 10.6 Å².